The molecule has 0 aliphatic rings. The summed E-state index contributed by atoms with van der Waals surface area (Å²) in [7, 11) is 1.53. The maximum Gasteiger partial charge on any atom is 0.311 e. The topological polar surface area (TPSA) is 112 Å². The van der Waals surface area contributed by atoms with Crippen molar-refractivity contribution in [1.82, 2.24) is 5.43 Å². The van der Waals surface area contributed by atoms with Gasteiger partial charge in [-0.15, -0.1) is 0 Å². The van der Waals surface area contributed by atoms with Gasteiger partial charge in [-0.1, -0.05) is 6.07 Å². The molecule has 0 fully saturated rings. The average Bonchev–Trinajstić information content (AvgIpc) is 2.68. The minimum atomic E-state index is -0.558. The molecule has 2 rings (SSSR count). The van der Waals surface area contributed by atoms with E-state index in [0.717, 1.165) is 5.56 Å². The van der Waals surface area contributed by atoms with Crippen molar-refractivity contribution >= 4 is 17.8 Å². The van der Waals surface area contributed by atoms with Gasteiger partial charge in [-0.2, -0.15) is 5.10 Å². The zero-order chi connectivity index (χ0) is 20.5. The van der Waals surface area contributed by atoms with E-state index in [2.05, 4.69) is 10.5 Å². The molecular formula is C19H21N3O6. The Balaban J connectivity index is 1.93. The fourth-order valence-corrected chi connectivity index (χ4v) is 2.29. The molecule has 0 saturated heterocycles. The van der Waals surface area contributed by atoms with Gasteiger partial charge in [-0.05, 0) is 49.2 Å². The Morgan fingerprint density at radius 3 is 2.61 bits per heavy atom. The lowest BCUT2D eigenvalue weighted by Crippen LogP contribution is -2.24. The fourth-order valence-electron chi connectivity index (χ4n) is 2.29. The van der Waals surface area contributed by atoms with Gasteiger partial charge in [-0.3, -0.25) is 14.9 Å². The summed E-state index contributed by atoms with van der Waals surface area (Å²) in [5, 5.41) is 14.9. The van der Waals surface area contributed by atoms with Crippen LogP contribution in [0.15, 0.2) is 41.5 Å². The molecule has 1 amide bonds. The number of nitro benzene ring substituents is 1. The van der Waals surface area contributed by atoms with Crippen LogP contribution >= 0.6 is 0 Å². The molecule has 0 atom stereocenters. The molecular weight excluding hydrogens is 366 g/mol. The lowest BCUT2D eigenvalue weighted by Gasteiger charge is -2.09. The van der Waals surface area contributed by atoms with E-state index in [4.69, 9.17) is 14.2 Å². The van der Waals surface area contributed by atoms with Crippen LogP contribution in [0.5, 0.6) is 17.2 Å². The normalized spacial score (nSPS) is 10.5. The van der Waals surface area contributed by atoms with Gasteiger partial charge in [0, 0.05) is 6.07 Å². The number of methoxy groups -OCH3 is 1. The molecule has 0 aromatic heterocycles. The number of benzene rings is 2. The van der Waals surface area contributed by atoms with E-state index in [1.165, 1.54) is 25.5 Å². The fraction of sp³-hybridized carbons (Fsp3) is 0.263. The lowest BCUT2D eigenvalue weighted by atomic mass is 10.2. The van der Waals surface area contributed by atoms with Gasteiger partial charge < -0.3 is 14.2 Å². The zero-order valence-corrected chi connectivity index (χ0v) is 15.8. The third kappa shape index (κ3) is 5.70. The number of nitrogens with one attached hydrogen (secondary N) is 1. The number of carbonyl (C=O) groups excluding carboxylic acids is 1. The molecule has 148 valence electrons. The maximum absolute atomic E-state index is 11.9. The van der Waals surface area contributed by atoms with E-state index >= 15 is 0 Å². The van der Waals surface area contributed by atoms with Crippen molar-refractivity contribution in [2.24, 2.45) is 5.10 Å². The number of rotatable bonds is 9. The van der Waals surface area contributed by atoms with Crippen LogP contribution in [-0.2, 0) is 4.79 Å². The van der Waals surface area contributed by atoms with Crippen LogP contribution < -0.4 is 19.6 Å². The van der Waals surface area contributed by atoms with E-state index in [1.807, 2.05) is 6.92 Å². The van der Waals surface area contributed by atoms with Gasteiger partial charge in [0.1, 0.15) is 0 Å². The first-order chi connectivity index (χ1) is 13.4. The molecule has 0 saturated carbocycles. The Bertz CT molecular complexity index is 882. The van der Waals surface area contributed by atoms with E-state index in [9.17, 15) is 14.9 Å². The molecule has 2 aromatic carbocycles. The first-order valence-electron chi connectivity index (χ1n) is 8.45. The number of ether oxygens (including phenoxy) is 3. The molecule has 28 heavy (non-hydrogen) atoms. The third-order valence-corrected chi connectivity index (χ3v) is 3.56. The number of nitro groups is 1. The highest BCUT2D eigenvalue weighted by Crippen LogP contribution is 2.28. The summed E-state index contributed by atoms with van der Waals surface area (Å²) in [6.07, 6.45) is 1.43. The van der Waals surface area contributed by atoms with Crippen LogP contribution in [0.3, 0.4) is 0 Å². The number of amides is 1. The lowest BCUT2D eigenvalue weighted by molar-refractivity contribution is -0.385. The monoisotopic (exact) mass is 387 g/mol. The predicted molar refractivity (Wildman–Crippen MR) is 103 cm³/mol. The largest absolute Gasteiger partial charge is 0.493 e. The number of carbonyl (C=O) groups is 1. The Hall–Kier alpha value is -3.62. The van der Waals surface area contributed by atoms with Crippen LogP contribution in [0, 0.1) is 17.0 Å². The van der Waals surface area contributed by atoms with Gasteiger partial charge >= 0.3 is 5.69 Å². The summed E-state index contributed by atoms with van der Waals surface area (Å²) in [5.74, 6) is 0.626. The predicted octanol–water partition coefficient (Wildman–Crippen LogP) is 2.84. The van der Waals surface area contributed by atoms with Crippen LogP contribution in [0.2, 0.25) is 0 Å². The molecule has 0 spiro atoms. The second kappa shape index (κ2) is 9.91. The summed E-state index contributed by atoms with van der Waals surface area (Å²) < 4.78 is 15.9. The highest BCUT2D eigenvalue weighted by Gasteiger charge is 2.16. The molecule has 1 N–H and O–H groups in total. The summed E-state index contributed by atoms with van der Waals surface area (Å²) in [6, 6.07) is 9.71. The van der Waals surface area contributed by atoms with E-state index < -0.39 is 17.4 Å². The van der Waals surface area contributed by atoms with Gasteiger partial charge in [0.15, 0.2) is 23.9 Å². The van der Waals surface area contributed by atoms with Crippen molar-refractivity contribution in [1.29, 1.82) is 0 Å². The van der Waals surface area contributed by atoms with E-state index in [-0.39, 0.29) is 11.4 Å². The highest BCUT2D eigenvalue weighted by molar-refractivity contribution is 5.83. The summed E-state index contributed by atoms with van der Waals surface area (Å²) in [4.78, 5) is 22.3. The van der Waals surface area contributed by atoms with Gasteiger partial charge in [0.05, 0.1) is 24.9 Å². The molecule has 9 heteroatoms. The molecule has 9 nitrogen and oxygen atoms in total. The minimum Gasteiger partial charge on any atom is -0.493 e. The van der Waals surface area contributed by atoms with Crippen molar-refractivity contribution in [3.63, 3.8) is 0 Å². The van der Waals surface area contributed by atoms with Crippen molar-refractivity contribution in [2.45, 2.75) is 13.8 Å². The van der Waals surface area contributed by atoms with Gasteiger partial charge in [0.25, 0.3) is 5.91 Å². The molecule has 0 unspecified atom stereocenters. The Morgan fingerprint density at radius 1 is 1.18 bits per heavy atom. The van der Waals surface area contributed by atoms with Crippen molar-refractivity contribution in [2.75, 3.05) is 20.3 Å². The van der Waals surface area contributed by atoms with Crippen molar-refractivity contribution < 1.29 is 23.9 Å². The van der Waals surface area contributed by atoms with Crippen LogP contribution in [0.25, 0.3) is 0 Å². The number of hydrazone groups is 1. The quantitative estimate of drug-likeness (QED) is 0.402. The summed E-state index contributed by atoms with van der Waals surface area (Å²) in [6.45, 7) is 3.71. The number of hydrogen-bond donors (Lipinski definition) is 1. The molecule has 2 aromatic rings. The number of hydrogen-bond acceptors (Lipinski definition) is 7. The minimum absolute atomic E-state index is 0.0194. The summed E-state index contributed by atoms with van der Waals surface area (Å²) in [5.41, 5.74) is 3.52. The molecule has 0 aliphatic carbocycles. The molecule has 0 heterocycles. The summed E-state index contributed by atoms with van der Waals surface area (Å²) >= 11 is 0. The zero-order valence-electron chi connectivity index (χ0n) is 15.8. The first-order valence-corrected chi connectivity index (χ1v) is 8.45. The first kappa shape index (κ1) is 20.7. The van der Waals surface area contributed by atoms with Crippen LogP contribution in [0.1, 0.15) is 18.1 Å². The maximum atomic E-state index is 11.9. The highest BCUT2D eigenvalue weighted by atomic mass is 16.6. The number of aryl methyl sites for hydroxylation is 1. The molecule has 0 bridgehead atoms. The van der Waals surface area contributed by atoms with Crippen LogP contribution in [0.4, 0.5) is 5.69 Å². The van der Waals surface area contributed by atoms with Crippen LogP contribution in [-0.4, -0.2) is 37.4 Å². The third-order valence-electron chi connectivity index (χ3n) is 3.56. The second-order valence-corrected chi connectivity index (χ2v) is 5.65. The van der Waals surface area contributed by atoms with Gasteiger partial charge in [0.2, 0.25) is 0 Å². The Labute approximate surface area is 162 Å². The van der Waals surface area contributed by atoms with Crippen molar-refractivity contribution in [3.8, 4) is 17.2 Å². The average molecular weight is 387 g/mol. The van der Waals surface area contributed by atoms with Gasteiger partial charge in [-0.25, -0.2) is 5.43 Å². The van der Waals surface area contributed by atoms with Crippen molar-refractivity contribution in [3.05, 3.63) is 57.6 Å². The van der Waals surface area contributed by atoms with E-state index in [0.29, 0.717) is 23.7 Å². The standard InChI is InChI=1S/C19H21N3O6/c1-4-27-17-8-6-14(10-18(17)26-3)11-20-21-19(23)12-28-16-7-5-13(2)9-15(16)22(24)25/h5-11H,4,12H2,1-3H3,(H,21,23). The molecule has 0 aliphatic heterocycles. The molecule has 0 radical (unpaired) electrons. The number of nitrogens with zero attached hydrogens (tertiary/aromatic N) is 2. The Kier molecular flexibility index (Phi) is 7.32. The SMILES string of the molecule is CCOc1ccc(C=NNC(=O)COc2ccc(C)cc2[N+](=O)[O-])cc1OC. The smallest absolute Gasteiger partial charge is 0.311 e. The Morgan fingerprint density at radius 2 is 1.93 bits per heavy atom. The second-order valence-electron chi connectivity index (χ2n) is 5.65. The van der Waals surface area contributed by atoms with E-state index in [1.54, 1.807) is 31.2 Å².